The van der Waals surface area contributed by atoms with Crippen molar-refractivity contribution in [3.05, 3.63) is 23.3 Å². The molecule has 4 aliphatic carbocycles. The number of allylic oxidation sites excluding steroid dienone is 4. The number of carbonyl (C=O) groups is 1. The summed E-state index contributed by atoms with van der Waals surface area (Å²) in [6.07, 6.45) is 16.1. The van der Waals surface area contributed by atoms with Crippen LogP contribution in [0.1, 0.15) is 120 Å². The summed E-state index contributed by atoms with van der Waals surface area (Å²) in [5.41, 5.74) is 4.11. The fourth-order valence-corrected chi connectivity index (χ4v) is 9.50. The van der Waals surface area contributed by atoms with Crippen LogP contribution in [0.4, 0.5) is 0 Å². The predicted octanol–water partition coefficient (Wildman–Crippen LogP) is 8.93. The van der Waals surface area contributed by atoms with E-state index < -0.39 is 0 Å². The first-order chi connectivity index (χ1) is 14.7. The largest absolute Gasteiger partial charge is 0.299 e. The third-order valence-corrected chi connectivity index (χ3v) is 12.6. The van der Waals surface area contributed by atoms with Gasteiger partial charge < -0.3 is 0 Å². The summed E-state index contributed by atoms with van der Waals surface area (Å²) >= 11 is 0. The smallest absolute Gasteiger partial charge is 0.139 e. The van der Waals surface area contributed by atoms with E-state index in [1.54, 1.807) is 5.57 Å². The molecule has 7 atom stereocenters. The number of carbonyl (C=O) groups excluding carboxylic acids is 1. The van der Waals surface area contributed by atoms with Crippen LogP contribution in [0.25, 0.3) is 0 Å². The van der Waals surface area contributed by atoms with E-state index >= 15 is 0 Å². The highest BCUT2D eigenvalue weighted by Gasteiger charge is 2.68. The fraction of sp³-hybridized carbons (Fsp3) is 0.839. The highest BCUT2D eigenvalue weighted by Crippen LogP contribution is 2.75. The first-order valence-electron chi connectivity index (χ1n) is 13.6. The van der Waals surface area contributed by atoms with Gasteiger partial charge in [-0.3, -0.25) is 4.79 Å². The maximum Gasteiger partial charge on any atom is 0.139 e. The van der Waals surface area contributed by atoms with Crippen molar-refractivity contribution in [2.24, 2.45) is 44.8 Å². The minimum atomic E-state index is -0.221. The van der Waals surface area contributed by atoms with E-state index in [4.69, 9.17) is 0 Å². The number of Topliss-reactive ketones (excluding diaryl/α,β-unsaturated/α-hetero) is 1. The second-order valence-corrected chi connectivity index (χ2v) is 14.0. The summed E-state index contributed by atoms with van der Waals surface area (Å²) in [5, 5.41) is 0. The first-order valence-corrected chi connectivity index (χ1v) is 13.6. The lowest BCUT2D eigenvalue weighted by Gasteiger charge is -2.67. The summed E-state index contributed by atoms with van der Waals surface area (Å²) in [5.74, 6) is 2.79. The van der Waals surface area contributed by atoms with Gasteiger partial charge in [-0.05, 0) is 105 Å². The summed E-state index contributed by atoms with van der Waals surface area (Å²) in [6, 6.07) is 0. The number of hydrogen-bond acceptors (Lipinski definition) is 1. The SMILES string of the molecule is CC(C)=CCCC(C)C1CCC2(C)C3=CCC4(C)C(C)(C)C(=O)CCC4(C)C3CCC12C. The van der Waals surface area contributed by atoms with Crippen LogP contribution >= 0.6 is 0 Å². The molecule has 0 amide bonds. The van der Waals surface area contributed by atoms with Crippen LogP contribution in [0.3, 0.4) is 0 Å². The van der Waals surface area contributed by atoms with Crippen LogP contribution in [0.15, 0.2) is 23.3 Å². The Morgan fingerprint density at radius 1 is 1.03 bits per heavy atom. The second kappa shape index (κ2) is 7.58. The molecule has 4 aliphatic rings. The molecule has 3 saturated carbocycles. The average Bonchev–Trinajstić information content (AvgIpc) is 2.99. The maximum atomic E-state index is 13.0. The zero-order valence-corrected chi connectivity index (χ0v) is 22.7. The van der Waals surface area contributed by atoms with Crippen molar-refractivity contribution in [3.63, 3.8) is 0 Å². The van der Waals surface area contributed by atoms with E-state index in [0.29, 0.717) is 22.5 Å². The molecule has 32 heavy (non-hydrogen) atoms. The summed E-state index contributed by atoms with van der Waals surface area (Å²) in [7, 11) is 0. The Labute approximate surface area is 198 Å². The van der Waals surface area contributed by atoms with Gasteiger partial charge in [0.15, 0.2) is 0 Å². The zero-order valence-electron chi connectivity index (χ0n) is 22.7. The van der Waals surface area contributed by atoms with Gasteiger partial charge in [-0.25, -0.2) is 0 Å². The molecule has 0 N–H and O–H groups in total. The predicted molar refractivity (Wildman–Crippen MR) is 136 cm³/mol. The van der Waals surface area contributed by atoms with Crippen molar-refractivity contribution >= 4 is 5.78 Å². The van der Waals surface area contributed by atoms with Crippen molar-refractivity contribution in [2.75, 3.05) is 0 Å². The van der Waals surface area contributed by atoms with Crippen LogP contribution < -0.4 is 0 Å². The average molecular weight is 439 g/mol. The van der Waals surface area contributed by atoms with E-state index in [1.165, 1.54) is 44.1 Å². The Morgan fingerprint density at radius 3 is 2.38 bits per heavy atom. The number of hydrogen-bond donors (Lipinski definition) is 0. The molecule has 180 valence electrons. The van der Waals surface area contributed by atoms with Gasteiger partial charge in [-0.2, -0.15) is 0 Å². The Morgan fingerprint density at radius 2 is 1.72 bits per heavy atom. The van der Waals surface area contributed by atoms with E-state index in [1.807, 2.05) is 0 Å². The van der Waals surface area contributed by atoms with Gasteiger partial charge in [-0.15, -0.1) is 0 Å². The molecule has 0 spiro atoms. The highest BCUT2D eigenvalue weighted by atomic mass is 16.1. The van der Waals surface area contributed by atoms with Crippen LogP contribution in [-0.2, 0) is 4.79 Å². The van der Waals surface area contributed by atoms with Crippen molar-refractivity contribution in [1.82, 2.24) is 0 Å². The zero-order chi connectivity index (χ0) is 23.7. The summed E-state index contributed by atoms with van der Waals surface area (Å²) in [4.78, 5) is 13.0. The molecule has 0 saturated heterocycles. The van der Waals surface area contributed by atoms with Gasteiger partial charge in [0.25, 0.3) is 0 Å². The Balaban J connectivity index is 1.67. The van der Waals surface area contributed by atoms with Gasteiger partial charge in [0.2, 0.25) is 0 Å². The monoisotopic (exact) mass is 438 g/mol. The lowest BCUT2D eigenvalue weighted by atomic mass is 9.36. The Hall–Kier alpha value is -0.850. The molecule has 0 aromatic heterocycles. The quantitative estimate of drug-likeness (QED) is 0.400. The van der Waals surface area contributed by atoms with Gasteiger partial charge in [0, 0.05) is 11.8 Å². The molecule has 4 rings (SSSR count). The van der Waals surface area contributed by atoms with Crippen molar-refractivity contribution in [3.8, 4) is 0 Å². The van der Waals surface area contributed by atoms with Crippen molar-refractivity contribution in [1.29, 1.82) is 0 Å². The number of fused-ring (bicyclic) bond motifs is 5. The molecular weight excluding hydrogens is 388 g/mol. The Kier molecular flexibility index (Phi) is 5.75. The van der Waals surface area contributed by atoms with Crippen LogP contribution in [0, 0.1) is 44.8 Å². The van der Waals surface area contributed by atoms with E-state index in [0.717, 1.165) is 31.1 Å². The normalized spacial score (nSPS) is 45.9. The van der Waals surface area contributed by atoms with Crippen molar-refractivity contribution in [2.45, 2.75) is 120 Å². The lowest BCUT2D eigenvalue weighted by molar-refractivity contribution is -0.167. The summed E-state index contributed by atoms with van der Waals surface area (Å²) < 4.78 is 0. The van der Waals surface area contributed by atoms with Crippen LogP contribution in [0.2, 0.25) is 0 Å². The molecular formula is C31H50O. The molecule has 0 heterocycles. The van der Waals surface area contributed by atoms with Gasteiger partial charge >= 0.3 is 0 Å². The first kappa shape index (κ1) is 24.3. The molecule has 1 heteroatoms. The molecule has 7 unspecified atom stereocenters. The summed E-state index contributed by atoms with van der Waals surface area (Å²) in [6.45, 7) is 21.8. The van der Waals surface area contributed by atoms with E-state index in [-0.39, 0.29) is 16.2 Å². The second-order valence-electron chi connectivity index (χ2n) is 14.0. The molecule has 0 radical (unpaired) electrons. The third kappa shape index (κ3) is 2.97. The highest BCUT2D eigenvalue weighted by molar-refractivity contribution is 5.86. The third-order valence-electron chi connectivity index (χ3n) is 12.6. The van der Waals surface area contributed by atoms with Crippen LogP contribution in [-0.4, -0.2) is 5.78 Å². The fourth-order valence-electron chi connectivity index (χ4n) is 9.50. The lowest BCUT2D eigenvalue weighted by Crippen LogP contribution is -2.62. The minimum absolute atomic E-state index is 0.0727. The minimum Gasteiger partial charge on any atom is -0.299 e. The maximum absolute atomic E-state index is 13.0. The topological polar surface area (TPSA) is 17.1 Å². The molecule has 0 aromatic rings. The molecule has 1 nitrogen and oxygen atoms in total. The molecule has 3 fully saturated rings. The number of rotatable bonds is 4. The molecule has 0 aromatic carbocycles. The van der Waals surface area contributed by atoms with Crippen LogP contribution in [0.5, 0.6) is 0 Å². The molecule has 0 aliphatic heterocycles. The van der Waals surface area contributed by atoms with E-state index in [2.05, 4.69) is 74.5 Å². The number of ketones is 1. The Bertz CT molecular complexity index is 841. The van der Waals surface area contributed by atoms with Gasteiger partial charge in [-0.1, -0.05) is 71.8 Å². The van der Waals surface area contributed by atoms with E-state index in [9.17, 15) is 4.79 Å². The van der Waals surface area contributed by atoms with Crippen molar-refractivity contribution < 1.29 is 4.79 Å². The van der Waals surface area contributed by atoms with Gasteiger partial charge in [0.1, 0.15) is 5.78 Å². The standard InChI is InChI=1S/C31H50O/c1-21(2)11-10-12-22(3)23-13-17-29(7)24-15-20-31(9)27(4,5)26(32)16-19-30(31,8)25(24)14-18-28(23,29)6/h11,15,22-23,25H,10,12-14,16-20H2,1-9H3. The molecule has 0 bridgehead atoms. The van der Waals surface area contributed by atoms with Gasteiger partial charge in [0.05, 0.1) is 0 Å².